The second-order valence-corrected chi connectivity index (χ2v) is 5.81. The number of benzene rings is 1. The molecule has 0 saturated heterocycles. The lowest BCUT2D eigenvalue weighted by atomic mass is 10.1. The summed E-state index contributed by atoms with van der Waals surface area (Å²) in [5, 5.41) is 0. The highest BCUT2D eigenvalue weighted by Crippen LogP contribution is 2.29. The summed E-state index contributed by atoms with van der Waals surface area (Å²) in [6.45, 7) is 2.90. The lowest BCUT2D eigenvalue weighted by Crippen LogP contribution is -2.06. The SMILES string of the molecule is CCCCCOc1ccccc1C(CC#CCCCC(=O)OC)OC. The Balaban J connectivity index is 2.54. The van der Waals surface area contributed by atoms with Crippen molar-refractivity contribution in [3.63, 3.8) is 0 Å². The number of carbonyl (C=O) groups excluding carboxylic acids is 1. The van der Waals surface area contributed by atoms with E-state index in [1.54, 1.807) is 7.11 Å². The molecule has 0 amide bonds. The second kappa shape index (κ2) is 13.3. The Labute approximate surface area is 151 Å². The van der Waals surface area contributed by atoms with Gasteiger partial charge in [0.05, 0.1) is 19.8 Å². The Morgan fingerprint density at radius 3 is 2.64 bits per heavy atom. The van der Waals surface area contributed by atoms with Crippen molar-refractivity contribution >= 4 is 5.97 Å². The smallest absolute Gasteiger partial charge is 0.305 e. The molecule has 0 heterocycles. The molecule has 1 rings (SSSR count). The highest BCUT2D eigenvalue weighted by Gasteiger charge is 2.14. The Bertz CT molecular complexity index is 557. The van der Waals surface area contributed by atoms with Crippen molar-refractivity contribution in [2.24, 2.45) is 0 Å². The third-order valence-electron chi connectivity index (χ3n) is 3.88. The molecule has 0 saturated carbocycles. The van der Waals surface area contributed by atoms with Crippen molar-refractivity contribution in [3.8, 4) is 17.6 Å². The number of ether oxygens (including phenoxy) is 3. The molecule has 1 atom stereocenters. The number of hydrogen-bond donors (Lipinski definition) is 0. The monoisotopic (exact) mass is 346 g/mol. The molecule has 0 N–H and O–H groups in total. The van der Waals surface area contributed by atoms with Crippen LogP contribution < -0.4 is 4.74 Å². The second-order valence-electron chi connectivity index (χ2n) is 5.81. The predicted molar refractivity (Wildman–Crippen MR) is 99.5 cm³/mol. The molecule has 1 unspecified atom stereocenters. The average Bonchev–Trinajstić information content (AvgIpc) is 2.65. The molecule has 0 spiro atoms. The first-order chi connectivity index (χ1) is 12.2. The van der Waals surface area contributed by atoms with Crippen LogP contribution in [0.3, 0.4) is 0 Å². The molecule has 4 heteroatoms. The summed E-state index contributed by atoms with van der Waals surface area (Å²) in [6.07, 6.45) is 5.70. The van der Waals surface area contributed by atoms with Crippen LogP contribution in [-0.4, -0.2) is 26.8 Å². The number of methoxy groups -OCH3 is 2. The molecular weight excluding hydrogens is 316 g/mol. The summed E-state index contributed by atoms with van der Waals surface area (Å²) in [5.41, 5.74) is 1.03. The maximum Gasteiger partial charge on any atom is 0.305 e. The minimum atomic E-state index is -0.189. The topological polar surface area (TPSA) is 44.8 Å². The lowest BCUT2D eigenvalue weighted by molar-refractivity contribution is -0.140. The van der Waals surface area contributed by atoms with Crippen LogP contribution in [0, 0.1) is 11.8 Å². The number of para-hydroxylation sites is 1. The van der Waals surface area contributed by atoms with Gasteiger partial charge in [0, 0.05) is 31.9 Å². The number of carbonyl (C=O) groups is 1. The van der Waals surface area contributed by atoms with Crippen LogP contribution >= 0.6 is 0 Å². The summed E-state index contributed by atoms with van der Waals surface area (Å²) in [6, 6.07) is 7.98. The molecule has 0 aromatic heterocycles. The average molecular weight is 346 g/mol. The maximum absolute atomic E-state index is 11.0. The van der Waals surface area contributed by atoms with Crippen LogP contribution in [0.1, 0.15) is 63.5 Å². The largest absolute Gasteiger partial charge is 0.493 e. The van der Waals surface area contributed by atoms with Gasteiger partial charge in [0.15, 0.2) is 0 Å². The lowest BCUT2D eigenvalue weighted by Gasteiger charge is -2.17. The van der Waals surface area contributed by atoms with Gasteiger partial charge in [0.25, 0.3) is 0 Å². The van der Waals surface area contributed by atoms with E-state index in [1.165, 1.54) is 20.0 Å². The molecule has 25 heavy (non-hydrogen) atoms. The van der Waals surface area contributed by atoms with Crippen molar-refractivity contribution < 1.29 is 19.0 Å². The normalized spacial score (nSPS) is 11.3. The number of hydrogen-bond acceptors (Lipinski definition) is 4. The van der Waals surface area contributed by atoms with Gasteiger partial charge in [0.2, 0.25) is 0 Å². The van der Waals surface area contributed by atoms with Gasteiger partial charge in [-0.25, -0.2) is 0 Å². The molecule has 1 aromatic rings. The zero-order chi connectivity index (χ0) is 18.3. The van der Waals surface area contributed by atoms with E-state index in [0.29, 0.717) is 25.7 Å². The first-order valence-corrected chi connectivity index (χ1v) is 9.00. The summed E-state index contributed by atoms with van der Waals surface area (Å²) in [4.78, 5) is 11.0. The van der Waals surface area contributed by atoms with E-state index in [2.05, 4.69) is 23.5 Å². The van der Waals surface area contributed by atoms with Gasteiger partial charge in [-0.05, 0) is 18.9 Å². The molecule has 0 fully saturated rings. The van der Waals surface area contributed by atoms with Crippen molar-refractivity contribution in [1.29, 1.82) is 0 Å². The summed E-state index contributed by atoms with van der Waals surface area (Å²) >= 11 is 0. The van der Waals surface area contributed by atoms with E-state index in [1.807, 2.05) is 24.3 Å². The van der Waals surface area contributed by atoms with Crippen LogP contribution in [0.15, 0.2) is 24.3 Å². The zero-order valence-electron chi connectivity index (χ0n) is 15.7. The number of rotatable bonds is 11. The van der Waals surface area contributed by atoms with Crippen LogP contribution in [0.25, 0.3) is 0 Å². The zero-order valence-corrected chi connectivity index (χ0v) is 15.7. The molecule has 138 valence electrons. The third kappa shape index (κ3) is 8.60. The van der Waals surface area contributed by atoms with Crippen molar-refractivity contribution in [2.75, 3.05) is 20.8 Å². The molecular formula is C21H30O4. The van der Waals surface area contributed by atoms with Crippen molar-refractivity contribution in [1.82, 2.24) is 0 Å². The van der Waals surface area contributed by atoms with Crippen LogP contribution in [0.4, 0.5) is 0 Å². The fraction of sp³-hybridized carbons (Fsp3) is 0.571. The Hall–Kier alpha value is -1.99. The third-order valence-corrected chi connectivity index (χ3v) is 3.88. The minimum Gasteiger partial charge on any atom is -0.493 e. The first-order valence-electron chi connectivity index (χ1n) is 9.00. The van der Waals surface area contributed by atoms with Gasteiger partial charge in [-0.15, -0.1) is 11.8 Å². The predicted octanol–water partition coefficient (Wildman–Crippen LogP) is 4.68. The number of unbranched alkanes of at least 4 members (excludes halogenated alkanes) is 3. The van der Waals surface area contributed by atoms with Crippen molar-refractivity contribution in [3.05, 3.63) is 29.8 Å². The van der Waals surface area contributed by atoms with Gasteiger partial charge < -0.3 is 14.2 Å². The molecule has 4 nitrogen and oxygen atoms in total. The molecule has 0 radical (unpaired) electrons. The van der Waals surface area contributed by atoms with Crippen LogP contribution in [0.5, 0.6) is 5.75 Å². The van der Waals surface area contributed by atoms with Gasteiger partial charge in [-0.3, -0.25) is 4.79 Å². The highest BCUT2D eigenvalue weighted by atomic mass is 16.5. The number of esters is 1. The fourth-order valence-corrected chi connectivity index (χ4v) is 2.41. The molecule has 0 aliphatic heterocycles. The molecule has 1 aromatic carbocycles. The minimum absolute atomic E-state index is 0.115. The summed E-state index contributed by atoms with van der Waals surface area (Å²) in [5.74, 6) is 6.93. The fourth-order valence-electron chi connectivity index (χ4n) is 2.41. The van der Waals surface area contributed by atoms with E-state index < -0.39 is 0 Å². The van der Waals surface area contributed by atoms with Gasteiger partial charge in [0.1, 0.15) is 5.75 Å². The van der Waals surface area contributed by atoms with E-state index in [9.17, 15) is 4.79 Å². The standard InChI is InChI=1S/C21H30O4/c1-4-5-12-17-25-20-15-11-10-13-18(20)19(23-2)14-8-6-7-9-16-21(22)24-3/h10-11,13,15,19H,4-5,7,9,12,14,16-17H2,1-3H3. The Morgan fingerprint density at radius 1 is 1.12 bits per heavy atom. The quantitative estimate of drug-likeness (QED) is 0.331. The van der Waals surface area contributed by atoms with Crippen LogP contribution in [-0.2, 0) is 14.3 Å². The Kier molecular flexibility index (Phi) is 11.2. The molecule has 0 aliphatic rings. The van der Waals surface area contributed by atoms with Gasteiger partial charge in [-0.2, -0.15) is 0 Å². The summed E-state index contributed by atoms with van der Waals surface area (Å²) < 4.78 is 16.1. The van der Waals surface area contributed by atoms with E-state index >= 15 is 0 Å². The van der Waals surface area contributed by atoms with E-state index in [0.717, 1.165) is 24.3 Å². The van der Waals surface area contributed by atoms with Gasteiger partial charge in [-0.1, -0.05) is 38.0 Å². The highest BCUT2D eigenvalue weighted by molar-refractivity contribution is 5.69. The van der Waals surface area contributed by atoms with Crippen LogP contribution in [0.2, 0.25) is 0 Å². The molecule has 0 aliphatic carbocycles. The molecule has 0 bridgehead atoms. The van der Waals surface area contributed by atoms with Gasteiger partial charge >= 0.3 is 5.97 Å². The maximum atomic E-state index is 11.0. The van der Waals surface area contributed by atoms with E-state index in [-0.39, 0.29) is 12.1 Å². The summed E-state index contributed by atoms with van der Waals surface area (Å²) in [7, 11) is 3.09. The first kappa shape index (κ1) is 21.1. The van der Waals surface area contributed by atoms with E-state index in [4.69, 9.17) is 9.47 Å². The Morgan fingerprint density at radius 2 is 1.92 bits per heavy atom. The van der Waals surface area contributed by atoms with Crippen molar-refractivity contribution in [2.45, 2.75) is 58.0 Å².